The molecule has 0 amide bonds. The molecule has 0 radical (unpaired) electrons. The number of nitrogens with zero attached hydrogens (tertiary/aromatic N) is 2. The molecule has 2 aromatic rings. The molecule has 1 aromatic heterocycles. The molecule has 98 valence electrons. The second kappa shape index (κ2) is 5.21. The number of halogens is 1. The molecule has 0 aliphatic heterocycles. The zero-order valence-electron chi connectivity index (χ0n) is 10.6. The minimum atomic E-state index is 0.620. The second-order valence-electron chi connectivity index (χ2n) is 4.94. The highest BCUT2D eigenvalue weighted by Gasteiger charge is 2.29. The predicted molar refractivity (Wildman–Crippen MR) is 82.0 cm³/mol. The van der Waals surface area contributed by atoms with Gasteiger partial charge in [0.15, 0.2) is 0 Å². The average Bonchev–Trinajstić information content (AvgIpc) is 3.22. The molecule has 1 aliphatic carbocycles. The molecule has 1 aromatic carbocycles. The van der Waals surface area contributed by atoms with Crippen LogP contribution in [-0.4, -0.2) is 11.0 Å². The molecule has 0 atom stereocenters. The van der Waals surface area contributed by atoms with Gasteiger partial charge in [0, 0.05) is 28.9 Å². The van der Waals surface area contributed by atoms with Crippen LogP contribution in [0.3, 0.4) is 0 Å². The Hall–Kier alpha value is -1.55. The molecule has 0 spiro atoms. The number of rotatable bonds is 4. The summed E-state index contributed by atoms with van der Waals surface area (Å²) in [7, 11) is 0. The van der Waals surface area contributed by atoms with Crippen LogP contribution in [-0.2, 0) is 6.54 Å². The van der Waals surface area contributed by atoms with Gasteiger partial charge in [-0.2, -0.15) is 0 Å². The molecule has 4 heteroatoms. The van der Waals surface area contributed by atoms with E-state index in [9.17, 15) is 0 Å². The number of hydrogen-bond acceptors (Lipinski definition) is 3. The van der Waals surface area contributed by atoms with Crippen molar-refractivity contribution in [1.29, 1.82) is 0 Å². The molecule has 0 unspecified atom stereocenters. The first-order chi connectivity index (χ1) is 9.22. The summed E-state index contributed by atoms with van der Waals surface area (Å²) in [5.74, 6) is 1.04. The van der Waals surface area contributed by atoms with E-state index in [1.165, 1.54) is 18.4 Å². The Labute approximate surface area is 121 Å². The van der Waals surface area contributed by atoms with Gasteiger partial charge in [-0.1, -0.05) is 12.1 Å². The first-order valence-corrected chi connectivity index (χ1v) is 7.24. The van der Waals surface area contributed by atoms with Crippen LogP contribution in [0.1, 0.15) is 18.4 Å². The van der Waals surface area contributed by atoms with Crippen LogP contribution in [0.25, 0.3) is 0 Å². The van der Waals surface area contributed by atoms with Crippen molar-refractivity contribution >= 4 is 27.4 Å². The highest BCUT2D eigenvalue weighted by molar-refractivity contribution is 9.10. The average molecular weight is 318 g/mol. The normalized spacial score (nSPS) is 14.4. The zero-order valence-corrected chi connectivity index (χ0v) is 12.2. The maximum Gasteiger partial charge on any atom is 0.129 e. The van der Waals surface area contributed by atoms with Crippen LogP contribution in [0, 0.1) is 0 Å². The van der Waals surface area contributed by atoms with Gasteiger partial charge in [-0.25, -0.2) is 4.98 Å². The number of nitrogens with two attached hydrogens (primary N) is 1. The van der Waals surface area contributed by atoms with Gasteiger partial charge in [-0.15, -0.1) is 0 Å². The van der Waals surface area contributed by atoms with E-state index in [1.807, 2.05) is 30.5 Å². The lowest BCUT2D eigenvalue weighted by Crippen LogP contribution is -2.25. The molecule has 0 bridgehead atoms. The van der Waals surface area contributed by atoms with Crippen molar-refractivity contribution in [3.8, 4) is 0 Å². The van der Waals surface area contributed by atoms with E-state index in [2.05, 4.69) is 37.9 Å². The summed E-state index contributed by atoms with van der Waals surface area (Å²) in [6.45, 7) is 0.865. The van der Waals surface area contributed by atoms with Crippen molar-refractivity contribution in [2.75, 3.05) is 10.6 Å². The maximum absolute atomic E-state index is 5.84. The summed E-state index contributed by atoms with van der Waals surface area (Å²) in [5.41, 5.74) is 7.89. The maximum atomic E-state index is 5.84. The Morgan fingerprint density at radius 1 is 1.26 bits per heavy atom. The largest absolute Gasteiger partial charge is 0.399 e. The number of anilines is 2. The number of hydrogen-bond donors (Lipinski definition) is 1. The molecular weight excluding hydrogens is 302 g/mol. The first kappa shape index (κ1) is 12.5. The van der Waals surface area contributed by atoms with Gasteiger partial charge in [-0.05, 0) is 58.6 Å². The Morgan fingerprint density at radius 3 is 2.74 bits per heavy atom. The van der Waals surface area contributed by atoms with E-state index >= 15 is 0 Å². The zero-order chi connectivity index (χ0) is 13.2. The summed E-state index contributed by atoms with van der Waals surface area (Å²) in [6.07, 6.45) is 4.35. The number of pyridine rings is 1. The van der Waals surface area contributed by atoms with Crippen LogP contribution < -0.4 is 10.6 Å². The van der Waals surface area contributed by atoms with Crippen molar-refractivity contribution in [1.82, 2.24) is 4.98 Å². The van der Waals surface area contributed by atoms with E-state index in [0.717, 1.165) is 22.5 Å². The summed E-state index contributed by atoms with van der Waals surface area (Å²) < 4.78 is 1.01. The monoisotopic (exact) mass is 317 g/mol. The molecule has 3 nitrogen and oxygen atoms in total. The van der Waals surface area contributed by atoms with Gasteiger partial charge in [0.1, 0.15) is 5.82 Å². The predicted octanol–water partition coefficient (Wildman–Crippen LogP) is 3.60. The number of benzene rings is 1. The Bertz CT molecular complexity index is 564. The van der Waals surface area contributed by atoms with Crippen molar-refractivity contribution < 1.29 is 0 Å². The van der Waals surface area contributed by atoms with Gasteiger partial charge in [0.05, 0.1) is 0 Å². The topological polar surface area (TPSA) is 42.1 Å². The van der Waals surface area contributed by atoms with Crippen molar-refractivity contribution in [3.63, 3.8) is 0 Å². The minimum absolute atomic E-state index is 0.620. The van der Waals surface area contributed by atoms with Crippen LogP contribution in [0.2, 0.25) is 0 Å². The van der Waals surface area contributed by atoms with Crippen molar-refractivity contribution in [2.24, 2.45) is 0 Å². The second-order valence-corrected chi connectivity index (χ2v) is 5.85. The summed E-state index contributed by atoms with van der Waals surface area (Å²) in [4.78, 5) is 6.87. The highest BCUT2D eigenvalue weighted by atomic mass is 79.9. The molecule has 1 saturated carbocycles. The summed E-state index contributed by atoms with van der Waals surface area (Å²) in [5, 5.41) is 0. The number of aromatic nitrogens is 1. The lowest BCUT2D eigenvalue weighted by Gasteiger charge is -2.23. The van der Waals surface area contributed by atoms with Crippen LogP contribution >= 0.6 is 15.9 Å². The van der Waals surface area contributed by atoms with Gasteiger partial charge in [-0.3, -0.25) is 0 Å². The fourth-order valence-corrected chi connectivity index (χ4v) is 2.44. The molecule has 0 saturated heterocycles. The fourth-order valence-electron chi connectivity index (χ4n) is 2.21. The third kappa shape index (κ3) is 3.07. The summed E-state index contributed by atoms with van der Waals surface area (Å²) >= 11 is 3.43. The van der Waals surface area contributed by atoms with E-state index in [0.29, 0.717) is 6.04 Å². The van der Waals surface area contributed by atoms with E-state index in [1.54, 1.807) is 0 Å². The standard InChI is InChI=1S/C15H16BrN3/c16-12-4-7-15(18-9-12)19(14-5-6-14)10-11-2-1-3-13(17)8-11/h1-4,7-9,14H,5-6,10,17H2. The summed E-state index contributed by atoms with van der Waals surface area (Å²) in [6, 6.07) is 12.8. The quantitative estimate of drug-likeness (QED) is 0.876. The van der Waals surface area contributed by atoms with Gasteiger partial charge >= 0.3 is 0 Å². The van der Waals surface area contributed by atoms with Crippen LogP contribution in [0.5, 0.6) is 0 Å². The van der Waals surface area contributed by atoms with E-state index in [-0.39, 0.29) is 0 Å². The smallest absolute Gasteiger partial charge is 0.129 e. The number of nitrogen functional groups attached to an aromatic ring is 1. The van der Waals surface area contributed by atoms with Crippen LogP contribution in [0.15, 0.2) is 47.1 Å². The third-order valence-electron chi connectivity index (χ3n) is 3.30. The SMILES string of the molecule is Nc1cccc(CN(c2ccc(Br)cn2)C2CC2)c1. The molecule has 19 heavy (non-hydrogen) atoms. The van der Waals surface area contributed by atoms with Crippen molar-refractivity contribution in [3.05, 3.63) is 52.6 Å². The van der Waals surface area contributed by atoms with Gasteiger partial charge in [0.2, 0.25) is 0 Å². The third-order valence-corrected chi connectivity index (χ3v) is 3.77. The lowest BCUT2D eigenvalue weighted by atomic mass is 10.2. The van der Waals surface area contributed by atoms with Gasteiger partial charge in [0.25, 0.3) is 0 Å². The first-order valence-electron chi connectivity index (χ1n) is 6.45. The molecule has 3 rings (SSSR count). The Kier molecular flexibility index (Phi) is 3.42. The minimum Gasteiger partial charge on any atom is -0.399 e. The van der Waals surface area contributed by atoms with Gasteiger partial charge < -0.3 is 10.6 Å². The fraction of sp³-hybridized carbons (Fsp3) is 0.267. The molecule has 1 heterocycles. The lowest BCUT2D eigenvalue weighted by molar-refractivity contribution is 0.778. The van der Waals surface area contributed by atoms with Crippen LogP contribution in [0.4, 0.5) is 11.5 Å². The Morgan fingerprint density at radius 2 is 2.11 bits per heavy atom. The molecule has 1 fully saturated rings. The van der Waals surface area contributed by atoms with E-state index in [4.69, 9.17) is 5.73 Å². The Balaban J connectivity index is 1.83. The van der Waals surface area contributed by atoms with Crippen molar-refractivity contribution in [2.45, 2.75) is 25.4 Å². The molecular formula is C15H16BrN3. The van der Waals surface area contributed by atoms with E-state index < -0.39 is 0 Å². The molecule has 2 N–H and O–H groups in total. The highest BCUT2D eigenvalue weighted by Crippen LogP contribution is 2.32. The molecule has 1 aliphatic rings.